The van der Waals surface area contributed by atoms with Gasteiger partial charge in [-0.1, -0.05) is 31.5 Å². The quantitative estimate of drug-likeness (QED) is 0.868. The summed E-state index contributed by atoms with van der Waals surface area (Å²) in [7, 11) is 2.04. The molecule has 0 atom stereocenters. The van der Waals surface area contributed by atoms with Crippen LogP contribution in [0.1, 0.15) is 31.0 Å². The number of para-hydroxylation sites is 1. The van der Waals surface area contributed by atoms with Crippen molar-refractivity contribution < 1.29 is 0 Å². The van der Waals surface area contributed by atoms with Crippen LogP contribution in [-0.2, 0) is 0 Å². The molecule has 112 valence electrons. The predicted octanol–water partition coefficient (Wildman–Crippen LogP) is 4.07. The van der Waals surface area contributed by atoms with Gasteiger partial charge in [-0.05, 0) is 31.9 Å². The topological polar surface area (TPSA) is 41.1 Å². The minimum absolute atomic E-state index is 0.777. The summed E-state index contributed by atoms with van der Waals surface area (Å²) in [5, 5.41) is 3.39. The fourth-order valence-electron chi connectivity index (χ4n) is 2.13. The van der Waals surface area contributed by atoms with Gasteiger partial charge < -0.3 is 10.2 Å². The molecule has 0 amide bonds. The molecule has 2 aromatic rings. The summed E-state index contributed by atoms with van der Waals surface area (Å²) in [5.41, 5.74) is 3.26. The number of rotatable bonds is 6. The number of aromatic nitrogens is 2. The Labute approximate surface area is 127 Å². The van der Waals surface area contributed by atoms with Gasteiger partial charge in [0.05, 0.1) is 0 Å². The lowest BCUT2D eigenvalue weighted by atomic mass is 10.2. The minimum atomic E-state index is 0.777. The van der Waals surface area contributed by atoms with Crippen molar-refractivity contribution >= 4 is 17.5 Å². The van der Waals surface area contributed by atoms with Gasteiger partial charge in [0, 0.05) is 31.0 Å². The second kappa shape index (κ2) is 7.07. The van der Waals surface area contributed by atoms with Crippen LogP contribution >= 0.6 is 0 Å². The molecular formula is C17H24N4. The molecule has 1 N–H and O–H groups in total. The molecule has 1 aromatic carbocycles. The number of hydrogen-bond donors (Lipinski definition) is 1. The molecule has 4 heteroatoms. The van der Waals surface area contributed by atoms with Crippen LogP contribution in [0, 0.1) is 13.8 Å². The first kappa shape index (κ1) is 15.3. The van der Waals surface area contributed by atoms with Crippen molar-refractivity contribution in [2.45, 2.75) is 33.6 Å². The molecule has 0 aliphatic heterocycles. The van der Waals surface area contributed by atoms with E-state index >= 15 is 0 Å². The van der Waals surface area contributed by atoms with Gasteiger partial charge in [0.1, 0.15) is 5.82 Å². The smallest absolute Gasteiger partial charge is 0.227 e. The molecule has 4 nitrogen and oxygen atoms in total. The molecule has 1 aromatic heterocycles. The second-order valence-corrected chi connectivity index (χ2v) is 5.41. The predicted molar refractivity (Wildman–Crippen MR) is 89.4 cm³/mol. The molecule has 0 spiro atoms. The van der Waals surface area contributed by atoms with Gasteiger partial charge in [-0.2, -0.15) is 4.98 Å². The average molecular weight is 284 g/mol. The van der Waals surface area contributed by atoms with E-state index < -0.39 is 0 Å². The van der Waals surface area contributed by atoms with Gasteiger partial charge in [-0.15, -0.1) is 0 Å². The highest BCUT2D eigenvalue weighted by molar-refractivity contribution is 5.61. The summed E-state index contributed by atoms with van der Waals surface area (Å²) in [4.78, 5) is 11.3. The first-order chi connectivity index (χ1) is 10.1. The van der Waals surface area contributed by atoms with E-state index in [2.05, 4.69) is 46.2 Å². The highest BCUT2D eigenvalue weighted by atomic mass is 15.2. The van der Waals surface area contributed by atoms with Crippen molar-refractivity contribution in [1.29, 1.82) is 0 Å². The van der Waals surface area contributed by atoms with E-state index in [1.165, 1.54) is 12.0 Å². The first-order valence-corrected chi connectivity index (χ1v) is 7.49. The Morgan fingerprint density at radius 1 is 1.14 bits per heavy atom. The van der Waals surface area contributed by atoms with Gasteiger partial charge in [0.2, 0.25) is 5.95 Å². The fraction of sp³-hybridized carbons (Fsp3) is 0.412. The summed E-state index contributed by atoms with van der Waals surface area (Å²) in [6.45, 7) is 7.26. The minimum Gasteiger partial charge on any atom is -0.344 e. The molecule has 0 aliphatic rings. The molecule has 0 aliphatic carbocycles. The highest BCUT2D eigenvalue weighted by Crippen LogP contribution is 2.20. The lowest BCUT2D eigenvalue weighted by Gasteiger charge is -2.18. The summed E-state index contributed by atoms with van der Waals surface area (Å²) >= 11 is 0. The van der Waals surface area contributed by atoms with Gasteiger partial charge in [-0.3, -0.25) is 0 Å². The van der Waals surface area contributed by atoms with Crippen LogP contribution in [-0.4, -0.2) is 23.6 Å². The third-order valence-electron chi connectivity index (χ3n) is 3.44. The number of anilines is 3. The van der Waals surface area contributed by atoms with E-state index in [1.54, 1.807) is 0 Å². The largest absolute Gasteiger partial charge is 0.344 e. The monoisotopic (exact) mass is 284 g/mol. The molecule has 2 rings (SSSR count). The normalized spacial score (nSPS) is 10.5. The van der Waals surface area contributed by atoms with Gasteiger partial charge in [-0.25, -0.2) is 4.98 Å². The lowest BCUT2D eigenvalue weighted by Crippen LogP contribution is -2.21. The molecule has 0 fully saturated rings. The van der Waals surface area contributed by atoms with Gasteiger partial charge in [0.25, 0.3) is 0 Å². The molecule has 0 saturated carbocycles. The molecule has 0 bridgehead atoms. The maximum atomic E-state index is 4.63. The van der Waals surface area contributed by atoms with Gasteiger partial charge >= 0.3 is 0 Å². The van der Waals surface area contributed by atoms with Crippen LogP contribution < -0.4 is 10.2 Å². The number of hydrogen-bond acceptors (Lipinski definition) is 4. The summed E-state index contributed by atoms with van der Waals surface area (Å²) in [5.74, 6) is 1.62. The second-order valence-electron chi connectivity index (χ2n) is 5.41. The van der Waals surface area contributed by atoms with Crippen LogP contribution in [0.4, 0.5) is 17.5 Å². The lowest BCUT2D eigenvalue weighted by molar-refractivity contribution is 0.749. The summed E-state index contributed by atoms with van der Waals surface area (Å²) in [6.07, 6.45) is 2.32. The van der Waals surface area contributed by atoms with Crippen LogP contribution in [0.3, 0.4) is 0 Å². The van der Waals surface area contributed by atoms with Crippen molar-refractivity contribution in [2.75, 3.05) is 23.8 Å². The van der Waals surface area contributed by atoms with Crippen LogP contribution in [0.15, 0.2) is 30.3 Å². The molecule has 0 saturated heterocycles. The first-order valence-electron chi connectivity index (χ1n) is 7.49. The van der Waals surface area contributed by atoms with E-state index in [1.807, 2.05) is 32.2 Å². The molecular weight excluding hydrogens is 260 g/mol. The molecule has 1 heterocycles. The number of nitrogens with zero attached hydrogens (tertiary/aromatic N) is 3. The maximum Gasteiger partial charge on any atom is 0.227 e. The molecule has 0 radical (unpaired) electrons. The van der Waals surface area contributed by atoms with E-state index in [9.17, 15) is 0 Å². The van der Waals surface area contributed by atoms with E-state index in [0.717, 1.165) is 36.1 Å². The average Bonchev–Trinajstić information content (AvgIpc) is 2.46. The third kappa shape index (κ3) is 4.18. The molecule has 0 unspecified atom stereocenters. The number of unbranched alkanes of at least 4 members (excludes halogenated alkanes) is 1. The van der Waals surface area contributed by atoms with Gasteiger partial charge in [0.15, 0.2) is 0 Å². The SMILES string of the molecule is CCCCN(C)c1nc(C)cc(Nc2ccccc2C)n1. The summed E-state index contributed by atoms with van der Waals surface area (Å²) < 4.78 is 0. The Bertz CT molecular complexity index is 595. The maximum absolute atomic E-state index is 4.63. The Morgan fingerprint density at radius 2 is 1.90 bits per heavy atom. The van der Waals surface area contributed by atoms with Crippen molar-refractivity contribution in [3.8, 4) is 0 Å². The van der Waals surface area contributed by atoms with Crippen LogP contribution in [0.2, 0.25) is 0 Å². The Hall–Kier alpha value is -2.10. The number of nitrogens with one attached hydrogen (secondary N) is 1. The fourth-order valence-corrected chi connectivity index (χ4v) is 2.13. The Morgan fingerprint density at radius 3 is 2.62 bits per heavy atom. The third-order valence-corrected chi connectivity index (χ3v) is 3.44. The zero-order chi connectivity index (χ0) is 15.2. The zero-order valence-corrected chi connectivity index (χ0v) is 13.3. The molecule has 21 heavy (non-hydrogen) atoms. The zero-order valence-electron chi connectivity index (χ0n) is 13.3. The van der Waals surface area contributed by atoms with E-state index in [0.29, 0.717) is 0 Å². The number of benzene rings is 1. The number of aryl methyl sites for hydroxylation is 2. The van der Waals surface area contributed by atoms with Crippen molar-refractivity contribution in [3.05, 3.63) is 41.6 Å². The Balaban J connectivity index is 2.21. The summed E-state index contributed by atoms with van der Waals surface area (Å²) in [6, 6.07) is 10.2. The standard InChI is InChI=1S/C17H24N4/c1-5-6-11-21(4)17-18-14(3)12-16(20-17)19-15-10-8-7-9-13(15)2/h7-10,12H,5-6,11H2,1-4H3,(H,18,19,20). The van der Waals surface area contributed by atoms with Crippen molar-refractivity contribution in [1.82, 2.24) is 9.97 Å². The van der Waals surface area contributed by atoms with E-state index in [-0.39, 0.29) is 0 Å². The van der Waals surface area contributed by atoms with Crippen molar-refractivity contribution in [2.24, 2.45) is 0 Å². The van der Waals surface area contributed by atoms with Crippen LogP contribution in [0.5, 0.6) is 0 Å². The van der Waals surface area contributed by atoms with Crippen molar-refractivity contribution in [3.63, 3.8) is 0 Å². The van der Waals surface area contributed by atoms with Crippen LogP contribution in [0.25, 0.3) is 0 Å². The highest BCUT2D eigenvalue weighted by Gasteiger charge is 2.08. The van der Waals surface area contributed by atoms with E-state index in [4.69, 9.17) is 0 Å². The Kier molecular flexibility index (Phi) is 5.14.